The highest BCUT2D eigenvalue weighted by Gasteiger charge is 2.21. The van der Waals surface area contributed by atoms with Crippen LogP contribution in [0, 0.1) is 5.92 Å². The first-order valence-electron chi connectivity index (χ1n) is 7.82. The van der Waals surface area contributed by atoms with E-state index in [4.69, 9.17) is 4.74 Å². The molecule has 1 fully saturated rings. The Morgan fingerprint density at radius 3 is 2.57 bits per heavy atom. The first-order chi connectivity index (χ1) is 10.1. The summed E-state index contributed by atoms with van der Waals surface area (Å²) in [7, 11) is 0. The van der Waals surface area contributed by atoms with Crippen LogP contribution in [0.15, 0.2) is 66.5 Å². The average molecular weight is 282 g/mol. The SMILES string of the molecule is C\C=C/C(=C\C=C\C(C)(C)c1ccccc1)OCC1CC1. The number of benzene rings is 1. The van der Waals surface area contributed by atoms with Gasteiger partial charge in [-0.25, -0.2) is 0 Å². The fourth-order valence-electron chi connectivity index (χ4n) is 2.16. The van der Waals surface area contributed by atoms with Crippen molar-refractivity contribution in [3.63, 3.8) is 0 Å². The van der Waals surface area contributed by atoms with Crippen molar-refractivity contribution < 1.29 is 4.74 Å². The van der Waals surface area contributed by atoms with Crippen molar-refractivity contribution in [1.82, 2.24) is 0 Å². The molecular weight excluding hydrogens is 256 g/mol. The van der Waals surface area contributed by atoms with Gasteiger partial charge in [0, 0.05) is 5.41 Å². The first-order valence-corrected chi connectivity index (χ1v) is 7.82. The monoisotopic (exact) mass is 282 g/mol. The third kappa shape index (κ3) is 5.26. The second kappa shape index (κ2) is 7.31. The van der Waals surface area contributed by atoms with Crippen LogP contribution in [-0.4, -0.2) is 6.61 Å². The summed E-state index contributed by atoms with van der Waals surface area (Å²) in [5, 5.41) is 0. The Morgan fingerprint density at radius 1 is 1.24 bits per heavy atom. The lowest BCUT2D eigenvalue weighted by atomic mass is 9.84. The van der Waals surface area contributed by atoms with Crippen molar-refractivity contribution in [2.24, 2.45) is 5.92 Å². The zero-order valence-electron chi connectivity index (χ0n) is 13.4. The number of allylic oxidation sites excluding steroid dienone is 5. The highest BCUT2D eigenvalue weighted by atomic mass is 16.5. The molecule has 1 heteroatoms. The van der Waals surface area contributed by atoms with E-state index in [9.17, 15) is 0 Å². The van der Waals surface area contributed by atoms with Crippen LogP contribution >= 0.6 is 0 Å². The molecule has 1 aliphatic carbocycles. The van der Waals surface area contributed by atoms with Gasteiger partial charge >= 0.3 is 0 Å². The zero-order chi connectivity index (χ0) is 15.1. The Balaban J connectivity index is 2.00. The van der Waals surface area contributed by atoms with Crippen LogP contribution in [-0.2, 0) is 10.2 Å². The Bertz CT molecular complexity index is 516. The average Bonchev–Trinajstić information content (AvgIpc) is 3.30. The summed E-state index contributed by atoms with van der Waals surface area (Å²) in [6.07, 6.45) is 13.1. The highest BCUT2D eigenvalue weighted by molar-refractivity contribution is 5.30. The molecule has 2 rings (SSSR count). The fraction of sp³-hybridized carbons (Fsp3) is 0.400. The molecule has 0 heterocycles. The minimum absolute atomic E-state index is 0.0231. The molecule has 1 nitrogen and oxygen atoms in total. The molecule has 112 valence electrons. The minimum Gasteiger partial charge on any atom is -0.493 e. The molecule has 1 aromatic carbocycles. The molecule has 0 spiro atoms. The van der Waals surface area contributed by atoms with Gasteiger partial charge in [0.15, 0.2) is 0 Å². The normalized spacial score (nSPS) is 16.8. The number of ether oxygens (including phenoxy) is 1. The summed E-state index contributed by atoms with van der Waals surface area (Å²) in [6, 6.07) is 10.6. The molecule has 0 N–H and O–H groups in total. The second-order valence-corrected chi connectivity index (χ2v) is 6.27. The molecule has 1 aliphatic rings. The van der Waals surface area contributed by atoms with Gasteiger partial charge in [-0.15, -0.1) is 0 Å². The van der Waals surface area contributed by atoms with Gasteiger partial charge in [0.1, 0.15) is 5.76 Å². The predicted octanol–water partition coefficient (Wildman–Crippen LogP) is 5.41. The van der Waals surface area contributed by atoms with Crippen LogP contribution in [0.3, 0.4) is 0 Å². The Kier molecular flexibility index (Phi) is 5.44. The van der Waals surface area contributed by atoms with E-state index >= 15 is 0 Å². The van der Waals surface area contributed by atoms with Gasteiger partial charge in [-0.3, -0.25) is 0 Å². The molecular formula is C20H26O. The summed E-state index contributed by atoms with van der Waals surface area (Å²) < 4.78 is 5.85. The number of hydrogen-bond donors (Lipinski definition) is 0. The Morgan fingerprint density at radius 2 is 1.95 bits per heavy atom. The quantitative estimate of drug-likeness (QED) is 0.480. The largest absolute Gasteiger partial charge is 0.493 e. The van der Waals surface area contributed by atoms with E-state index < -0.39 is 0 Å². The first kappa shape index (κ1) is 15.6. The smallest absolute Gasteiger partial charge is 0.118 e. The van der Waals surface area contributed by atoms with Crippen LogP contribution in [0.1, 0.15) is 39.2 Å². The summed E-state index contributed by atoms with van der Waals surface area (Å²) >= 11 is 0. The molecule has 0 radical (unpaired) electrons. The van der Waals surface area contributed by atoms with Gasteiger partial charge in [0.25, 0.3) is 0 Å². The minimum atomic E-state index is 0.0231. The molecule has 0 atom stereocenters. The maximum Gasteiger partial charge on any atom is 0.118 e. The van der Waals surface area contributed by atoms with Gasteiger partial charge in [-0.2, -0.15) is 0 Å². The molecule has 0 aromatic heterocycles. The van der Waals surface area contributed by atoms with Crippen molar-refractivity contribution in [2.45, 2.75) is 39.0 Å². The Labute approximate surface area is 129 Å². The lowest BCUT2D eigenvalue weighted by Gasteiger charge is -2.20. The van der Waals surface area contributed by atoms with Crippen LogP contribution in [0.25, 0.3) is 0 Å². The van der Waals surface area contributed by atoms with Crippen LogP contribution in [0.2, 0.25) is 0 Å². The van der Waals surface area contributed by atoms with E-state index in [-0.39, 0.29) is 5.41 Å². The molecule has 0 unspecified atom stereocenters. The molecule has 1 saturated carbocycles. The summed E-state index contributed by atoms with van der Waals surface area (Å²) in [5.41, 5.74) is 1.34. The van der Waals surface area contributed by atoms with Gasteiger partial charge in [0.2, 0.25) is 0 Å². The van der Waals surface area contributed by atoms with E-state index in [0.717, 1.165) is 18.3 Å². The van der Waals surface area contributed by atoms with E-state index in [2.05, 4.69) is 62.4 Å². The zero-order valence-corrected chi connectivity index (χ0v) is 13.4. The maximum absolute atomic E-state index is 5.85. The van der Waals surface area contributed by atoms with Crippen molar-refractivity contribution >= 4 is 0 Å². The van der Waals surface area contributed by atoms with E-state index in [0.29, 0.717) is 0 Å². The fourth-order valence-corrected chi connectivity index (χ4v) is 2.16. The maximum atomic E-state index is 5.85. The van der Waals surface area contributed by atoms with Crippen LogP contribution < -0.4 is 0 Å². The van der Waals surface area contributed by atoms with Crippen molar-refractivity contribution in [3.05, 3.63) is 72.0 Å². The summed E-state index contributed by atoms with van der Waals surface area (Å²) in [5.74, 6) is 1.73. The van der Waals surface area contributed by atoms with Crippen molar-refractivity contribution in [2.75, 3.05) is 6.61 Å². The Hall–Kier alpha value is -1.76. The number of rotatable bonds is 7. The molecule has 0 amide bonds. The third-order valence-electron chi connectivity index (χ3n) is 3.80. The highest BCUT2D eigenvalue weighted by Crippen LogP contribution is 2.29. The molecule has 21 heavy (non-hydrogen) atoms. The molecule has 1 aromatic rings. The van der Waals surface area contributed by atoms with E-state index in [1.807, 2.05) is 19.1 Å². The topological polar surface area (TPSA) is 9.23 Å². The standard InChI is InChI=1S/C20H26O/c1-4-9-19(21-16-17-13-14-17)12-8-15-20(2,3)18-10-6-5-7-11-18/h4-12,15,17H,13-14,16H2,1-3H3/b9-4-,15-8+,19-12+. The summed E-state index contributed by atoms with van der Waals surface area (Å²) in [4.78, 5) is 0. The van der Waals surface area contributed by atoms with Crippen molar-refractivity contribution in [1.29, 1.82) is 0 Å². The van der Waals surface area contributed by atoms with Gasteiger partial charge in [0.05, 0.1) is 6.61 Å². The predicted molar refractivity (Wildman–Crippen MR) is 90.2 cm³/mol. The lowest BCUT2D eigenvalue weighted by Crippen LogP contribution is -2.12. The van der Waals surface area contributed by atoms with Gasteiger partial charge < -0.3 is 4.74 Å². The lowest BCUT2D eigenvalue weighted by molar-refractivity contribution is 0.211. The molecule has 0 bridgehead atoms. The van der Waals surface area contributed by atoms with E-state index in [1.54, 1.807) is 0 Å². The van der Waals surface area contributed by atoms with Gasteiger partial charge in [-0.1, -0.05) is 62.4 Å². The van der Waals surface area contributed by atoms with Crippen LogP contribution in [0.4, 0.5) is 0 Å². The molecule has 0 aliphatic heterocycles. The van der Waals surface area contributed by atoms with Crippen molar-refractivity contribution in [3.8, 4) is 0 Å². The summed E-state index contributed by atoms with van der Waals surface area (Å²) in [6.45, 7) is 7.33. The second-order valence-electron chi connectivity index (χ2n) is 6.27. The molecule has 0 saturated heterocycles. The third-order valence-corrected chi connectivity index (χ3v) is 3.80. The van der Waals surface area contributed by atoms with Crippen LogP contribution in [0.5, 0.6) is 0 Å². The van der Waals surface area contributed by atoms with Gasteiger partial charge in [-0.05, 0) is 43.4 Å². The number of hydrogen-bond acceptors (Lipinski definition) is 1. The van der Waals surface area contributed by atoms with E-state index in [1.165, 1.54) is 18.4 Å².